The van der Waals surface area contributed by atoms with E-state index in [1.54, 1.807) is 0 Å². The molecule has 0 aromatic rings. The minimum Gasteiger partial charge on any atom is -0.460 e. The van der Waals surface area contributed by atoms with Gasteiger partial charge in [0.1, 0.15) is 6.61 Å². The van der Waals surface area contributed by atoms with Crippen molar-refractivity contribution in [2.24, 2.45) is 0 Å². The topological polar surface area (TPSA) is 61.8 Å². The van der Waals surface area contributed by atoms with Crippen molar-refractivity contribution >= 4 is 11.8 Å². The highest BCUT2D eigenvalue weighted by atomic mass is 16.6. The molecule has 0 N–H and O–H groups in total. The second-order valence-electron chi connectivity index (χ2n) is 3.20. The summed E-state index contributed by atoms with van der Waals surface area (Å²) >= 11 is 0. The summed E-state index contributed by atoms with van der Waals surface area (Å²) in [5, 5.41) is 0. The number of carbonyl (C=O) groups excluding carboxylic acids is 2. The van der Waals surface area contributed by atoms with Crippen molar-refractivity contribution in [3.05, 3.63) is 24.8 Å². The van der Waals surface area contributed by atoms with E-state index in [-0.39, 0.29) is 19.0 Å². The lowest BCUT2D eigenvalue weighted by atomic mass is 10.2. The van der Waals surface area contributed by atoms with Gasteiger partial charge in [0, 0.05) is 11.6 Å². The summed E-state index contributed by atoms with van der Waals surface area (Å²) in [7, 11) is 0. The molecule has 0 fully saturated rings. The number of hydrogen-bond donors (Lipinski definition) is 0. The van der Waals surface area contributed by atoms with Gasteiger partial charge in [0.25, 0.3) is 0 Å². The van der Waals surface area contributed by atoms with Crippen LogP contribution in [0.4, 0.5) is 0 Å². The van der Waals surface area contributed by atoms with Crippen molar-refractivity contribution in [1.29, 1.82) is 0 Å². The SMILES string of the molecule is C=CC(=O)OCCOCCOCC(=C)C(C)=O. The van der Waals surface area contributed by atoms with E-state index in [4.69, 9.17) is 9.47 Å². The van der Waals surface area contributed by atoms with Gasteiger partial charge in [-0.15, -0.1) is 0 Å². The molecule has 0 rings (SSSR count). The third-order valence-corrected chi connectivity index (χ3v) is 1.78. The van der Waals surface area contributed by atoms with E-state index in [1.165, 1.54) is 6.92 Å². The lowest BCUT2D eigenvalue weighted by Gasteiger charge is -2.06. The maximum atomic E-state index is 10.8. The zero-order chi connectivity index (χ0) is 13.1. The Bertz CT molecular complexity index is 283. The molecule has 0 radical (unpaired) electrons. The Balaban J connectivity index is 3.24. The van der Waals surface area contributed by atoms with Gasteiger partial charge in [0.15, 0.2) is 5.78 Å². The third-order valence-electron chi connectivity index (χ3n) is 1.78. The Morgan fingerprint density at radius 3 is 2.29 bits per heavy atom. The summed E-state index contributed by atoms with van der Waals surface area (Å²) in [5.41, 5.74) is 0.435. The van der Waals surface area contributed by atoms with Gasteiger partial charge in [-0.1, -0.05) is 13.2 Å². The molecule has 96 valence electrons. The highest BCUT2D eigenvalue weighted by Crippen LogP contribution is 1.92. The fraction of sp³-hybridized carbons (Fsp3) is 0.500. The Hall–Kier alpha value is -1.46. The molecule has 0 heterocycles. The third kappa shape index (κ3) is 9.47. The van der Waals surface area contributed by atoms with E-state index in [1.807, 2.05) is 0 Å². The molecular weight excluding hydrogens is 224 g/mol. The minimum absolute atomic E-state index is 0.0812. The van der Waals surface area contributed by atoms with Crippen LogP contribution < -0.4 is 0 Å². The van der Waals surface area contributed by atoms with Gasteiger partial charge in [-0.25, -0.2) is 4.79 Å². The molecule has 0 aliphatic carbocycles. The fourth-order valence-corrected chi connectivity index (χ4v) is 0.777. The van der Waals surface area contributed by atoms with E-state index in [0.717, 1.165) is 6.08 Å². The first kappa shape index (κ1) is 15.5. The molecule has 5 heteroatoms. The second-order valence-corrected chi connectivity index (χ2v) is 3.20. The van der Waals surface area contributed by atoms with Crippen LogP contribution in [0.2, 0.25) is 0 Å². The number of esters is 1. The van der Waals surface area contributed by atoms with E-state index < -0.39 is 5.97 Å². The Kier molecular flexibility index (Phi) is 8.91. The van der Waals surface area contributed by atoms with Crippen molar-refractivity contribution in [2.75, 3.05) is 33.0 Å². The summed E-state index contributed by atoms with van der Waals surface area (Å²) in [6.07, 6.45) is 1.09. The van der Waals surface area contributed by atoms with Crippen LogP contribution in [0.15, 0.2) is 24.8 Å². The number of hydrogen-bond acceptors (Lipinski definition) is 5. The number of rotatable bonds is 10. The Labute approximate surface area is 101 Å². The molecule has 0 atom stereocenters. The van der Waals surface area contributed by atoms with Crippen LogP contribution in [0.5, 0.6) is 0 Å². The zero-order valence-corrected chi connectivity index (χ0v) is 10.1. The number of Topliss-reactive ketones (excluding diaryl/α,β-unsaturated/α-hetero) is 1. The molecule has 5 nitrogen and oxygen atoms in total. The van der Waals surface area contributed by atoms with Crippen LogP contribution in [0.3, 0.4) is 0 Å². The minimum atomic E-state index is -0.470. The van der Waals surface area contributed by atoms with Gasteiger partial charge in [-0.3, -0.25) is 4.79 Å². The average Bonchev–Trinajstić information content (AvgIpc) is 2.31. The van der Waals surface area contributed by atoms with Gasteiger partial charge in [-0.2, -0.15) is 0 Å². The summed E-state index contributed by atoms with van der Waals surface area (Å²) in [4.78, 5) is 21.4. The van der Waals surface area contributed by atoms with Crippen LogP contribution in [0.1, 0.15) is 6.92 Å². The number of ketones is 1. The maximum absolute atomic E-state index is 10.8. The van der Waals surface area contributed by atoms with E-state index in [0.29, 0.717) is 25.4 Å². The summed E-state index contributed by atoms with van der Waals surface area (Å²) in [6.45, 7) is 9.68. The predicted molar refractivity (Wildman–Crippen MR) is 62.6 cm³/mol. The summed E-state index contributed by atoms with van der Waals surface area (Å²) in [6, 6.07) is 0. The van der Waals surface area contributed by atoms with Gasteiger partial charge in [0.2, 0.25) is 0 Å². The maximum Gasteiger partial charge on any atom is 0.330 e. The van der Waals surface area contributed by atoms with Crippen LogP contribution in [0, 0.1) is 0 Å². The summed E-state index contributed by atoms with van der Waals surface area (Å²) in [5.74, 6) is -0.551. The van der Waals surface area contributed by atoms with Crippen LogP contribution >= 0.6 is 0 Å². The lowest BCUT2D eigenvalue weighted by molar-refractivity contribution is -0.139. The first-order valence-electron chi connectivity index (χ1n) is 5.21. The molecule has 0 amide bonds. The van der Waals surface area contributed by atoms with E-state index in [2.05, 4.69) is 17.9 Å². The normalized spacial score (nSPS) is 9.71. The molecular formula is C12H18O5. The largest absolute Gasteiger partial charge is 0.460 e. The molecule has 0 saturated carbocycles. The first-order valence-corrected chi connectivity index (χ1v) is 5.21. The lowest BCUT2D eigenvalue weighted by Crippen LogP contribution is -2.13. The average molecular weight is 242 g/mol. The standard InChI is InChI=1S/C12H18O5/c1-4-12(14)17-8-7-15-5-6-16-9-10(2)11(3)13/h4H,1-2,5-9H2,3H3. The number of carbonyl (C=O) groups is 2. The second kappa shape index (κ2) is 9.74. The van der Waals surface area contributed by atoms with E-state index >= 15 is 0 Å². The molecule has 0 saturated heterocycles. The molecule has 0 bridgehead atoms. The molecule has 0 aliphatic rings. The fourth-order valence-electron chi connectivity index (χ4n) is 0.777. The predicted octanol–water partition coefficient (Wildman–Crippen LogP) is 0.894. The van der Waals surface area contributed by atoms with Gasteiger partial charge in [-0.05, 0) is 6.92 Å². The first-order chi connectivity index (χ1) is 8.07. The highest BCUT2D eigenvalue weighted by molar-refractivity contribution is 5.92. The van der Waals surface area contributed by atoms with Crippen molar-refractivity contribution in [3.8, 4) is 0 Å². The van der Waals surface area contributed by atoms with Crippen molar-refractivity contribution in [3.63, 3.8) is 0 Å². The van der Waals surface area contributed by atoms with Crippen LogP contribution in [-0.4, -0.2) is 44.8 Å². The van der Waals surface area contributed by atoms with Crippen LogP contribution in [-0.2, 0) is 23.8 Å². The smallest absolute Gasteiger partial charge is 0.330 e. The quantitative estimate of drug-likeness (QED) is 0.323. The zero-order valence-electron chi connectivity index (χ0n) is 10.1. The van der Waals surface area contributed by atoms with Gasteiger partial charge >= 0.3 is 5.97 Å². The van der Waals surface area contributed by atoms with Gasteiger partial charge < -0.3 is 14.2 Å². The molecule has 0 spiro atoms. The van der Waals surface area contributed by atoms with Crippen molar-refractivity contribution < 1.29 is 23.8 Å². The molecule has 0 aromatic heterocycles. The van der Waals surface area contributed by atoms with Crippen molar-refractivity contribution in [2.45, 2.75) is 6.92 Å². The van der Waals surface area contributed by atoms with E-state index in [9.17, 15) is 9.59 Å². The molecule has 17 heavy (non-hydrogen) atoms. The highest BCUT2D eigenvalue weighted by Gasteiger charge is 2.00. The monoisotopic (exact) mass is 242 g/mol. The number of ether oxygens (including phenoxy) is 3. The van der Waals surface area contributed by atoms with Gasteiger partial charge in [0.05, 0.1) is 26.4 Å². The molecule has 0 aliphatic heterocycles. The molecule has 0 unspecified atom stereocenters. The summed E-state index contributed by atoms with van der Waals surface area (Å²) < 4.78 is 14.9. The Morgan fingerprint density at radius 1 is 1.12 bits per heavy atom. The van der Waals surface area contributed by atoms with Crippen molar-refractivity contribution in [1.82, 2.24) is 0 Å². The Morgan fingerprint density at radius 2 is 1.71 bits per heavy atom. The van der Waals surface area contributed by atoms with Crippen LogP contribution in [0.25, 0.3) is 0 Å². The molecule has 0 aromatic carbocycles.